The van der Waals surface area contributed by atoms with E-state index in [9.17, 15) is 0 Å². The Morgan fingerprint density at radius 3 is 1.06 bits per heavy atom. The summed E-state index contributed by atoms with van der Waals surface area (Å²) in [6.07, 6.45) is 24.2. The van der Waals surface area contributed by atoms with Crippen molar-refractivity contribution in [1.29, 1.82) is 0 Å². The molecule has 0 amide bonds. The number of benzene rings is 2. The van der Waals surface area contributed by atoms with Crippen molar-refractivity contribution in [3.8, 4) is 0 Å². The van der Waals surface area contributed by atoms with Crippen LogP contribution in [0.3, 0.4) is 0 Å². The molecule has 0 aliphatic carbocycles. The highest BCUT2D eigenvalue weighted by Crippen LogP contribution is 2.13. The van der Waals surface area contributed by atoms with Crippen LogP contribution >= 0.6 is 0 Å². The lowest BCUT2D eigenvalue weighted by molar-refractivity contribution is 0.589. The van der Waals surface area contributed by atoms with Gasteiger partial charge in [-0.2, -0.15) is 0 Å². The van der Waals surface area contributed by atoms with Gasteiger partial charge in [0.1, 0.15) is 0 Å². The molecule has 0 heterocycles. The molecular weight excluding hydrogens is 396 g/mol. The maximum Gasteiger partial charge on any atom is -0.0262 e. The van der Waals surface area contributed by atoms with Gasteiger partial charge in [0.25, 0.3) is 0 Å². The van der Waals surface area contributed by atoms with E-state index < -0.39 is 0 Å². The molecule has 0 saturated carbocycles. The molecule has 0 N–H and O–H groups in total. The molecule has 0 aliphatic heterocycles. The molecule has 33 heavy (non-hydrogen) atoms. The average Bonchev–Trinajstić information content (AvgIpc) is 2.87. The van der Waals surface area contributed by atoms with Gasteiger partial charge < -0.3 is 0 Å². The molecule has 0 nitrogen and oxygen atoms in total. The Hall–Kier alpha value is -2.08. The normalized spacial score (nSPS) is 10.4. The Morgan fingerprint density at radius 2 is 0.758 bits per heavy atom. The van der Waals surface area contributed by atoms with Crippen molar-refractivity contribution in [2.24, 2.45) is 0 Å². The third-order valence-electron chi connectivity index (χ3n) is 6.32. The molecule has 0 radical (unpaired) electrons. The lowest BCUT2D eigenvalue weighted by Crippen LogP contribution is -1.86. The zero-order valence-corrected chi connectivity index (χ0v) is 21.8. The van der Waals surface area contributed by atoms with Crippen LogP contribution in [0.15, 0.2) is 61.7 Å². The van der Waals surface area contributed by atoms with Gasteiger partial charge in [0.05, 0.1) is 0 Å². The monoisotopic (exact) mass is 446 g/mol. The lowest BCUT2D eigenvalue weighted by atomic mass is 10.0. The molecule has 182 valence electrons. The first-order chi connectivity index (χ1) is 16.2. The smallest absolute Gasteiger partial charge is 0.0262 e. The van der Waals surface area contributed by atoms with Crippen LogP contribution in [0.1, 0.15) is 120 Å². The first kappa shape index (κ1) is 29.0. The van der Waals surface area contributed by atoms with Gasteiger partial charge in [-0.15, -0.1) is 0 Å². The summed E-state index contributed by atoms with van der Waals surface area (Å²) in [5, 5.41) is 0. The number of unbranched alkanes of at least 4 members (excludes halogenated alkanes) is 11. The number of hydrogen-bond acceptors (Lipinski definition) is 0. The summed E-state index contributed by atoms with van der Waals surface area (Å²) in [6.45, 7) is 12.1. The van der Waals surface area contributed by atoms with Crippen molar-refractivity contribution in [2.75, 3.05) is 0 Å². The molecule has 2 rings (SSSR count). The highest BCUT2D eigenvalue weighted by Gasteiger charge is 1.95. The summed E-state index contributed by atoms with van der Waals surface area (Å²) >= 11 is 0. The van der Waals surface area contributed by atoms with Gasteiger partial charge in [-0.05, 0) is 47.9 Å². The van der Waals surface area contributed by atoms with Crippen LogP contribution < -0.4 is 0 Å². The van der Waals surface area contributed by atoms with E-state index in [-0.39, 0.29) is 0 Å². The lowest BCUT2D eigenvalue weighted by Gasteiger charge is -2.03. The molecule has 0 saturated heterocycles. The van der Waals surface area contributed by atoms with Gasteiger partial charge in [-0.25, -0.2) is 0 Å². The topological polar surface area (TPSA) is 0 Å². The second-order valence-corrected chi connectivity index (χ2v) is 9.28. The minimum absolute atomic E-state index is 1.21. The molecule has 0 unspecified atom stereocenters. The zero-order valence-electron chi connectivity index (χ0n) is 21.8. The highest BCUT2D eigenvalue weighted by atomic mass is 14.0. The van der Waals surface area contributed by atoms with Crippen LogP contribution in [0.2, 0.25) is 0 Å². The standard InChI is InChI=1S/C17H26.C16H24/c1-3-5-6-7-8-9-10-11-17-14-12-16(4-2)13-15-17;1-3-5-6-7-8-9-10-16-13-11-15(4-2)12-14-16/h4,12-15H,2-3,5-11H2,1H3;4,11-14H,2-3,5-10H2,1H3. The molecule has 0 spiro atoms. The summed E-state index contributed by atoms with van der Waals surface area (Å²) in [4.78, 5) is 0. The Balaban J connectivity index is 0.000000331. The molecule has 0 aromatic heterocycles. The van der Waals surface area contributed by atoms with Crippen LogP contribution in [0.25, 0.3) is 12.2 Å². The van der Waals surface area contributed by atoms with Crippen LogP contribution in [-0.2, 0) is 12.8 Å². The van der Waals surface area contributed by atoms with E-state index in [1.54, 1.807) is 0 Å². The maximum atomic E-state index is 3.77. The first-order valence-electron chi connectivity index (χ1n) is 13.7. The fourth-order valence-electron chi connectivity index (χ4n) is 4.04. The molecule has 0 atom stereocenters. The van der Waals surface area contributed by atoms with E-state index in [0.717, 1.165) is 0 Å². The van der Waals surface area contributed by atoms with E-state index in [2.05, 4.69) is 75.5 Å². The molecule has 0 aliphatic rings. The summed E-state index contributed by atoms with van der Waals surface area (Å²) in [7, 11) is 0. The Morgan fingerprint density at radius 1 is 0.455 bits per heavy atom. The summed E-state index contributed by atoms with van der Waals surface area (Å²) in [5.41, 5.74) is 5.35. The van der Waals surface area contributed by atoms with E-state index in [0.29, 0.717) is 0 Å². The summed E-state index contributed by atoms with van der Waals surface area (Å²) in [6, 6.07) is 17.5. The summed E-state index contributed by atoms with van der Waals surface area (Å²) < 4.78 is 0. The number of hydrogen-bond donors (Lipinski definition) is 0. The third-order valence-corrected chi connectivity index (χ3v) is 6.32. The van der Waals surface area contributed by atoms with Crippen LogP contribution in [0.4, 0.5) is 0 Å². The minimum Gasteiger partial charge on any atom is -0.0985 e. The Kier molecular flexibility index (Phi) is 18.0. The highest BCUT2D eigenvalue weighted by molar-refractivity contribution is 5.47. The predicted molar refractivity (Wildman–Crippen MR) is 152 cm³/mol. The van der Waals surface area contributed by atoms with Crippen LogP contribution in [0, 0.1) is 0 Å². The minimum atomic E-state index is 1.21. The summed E-state index contributed by atoms with van der Waals surface area (Å²) in [5.74, 6) is 0. The fraction of sp³-hybridized carbons (Fsp3) is 0.515. The second-order valence-electron chi connectivity index (χ2n) is 9.28. The predicted octanol–water partition coefficient (Wildman–Crippen LogP) is 10.9. The quantitative estimate of drug-likeness (QED) is 0.212. The van der Waals surface area contributed by atoms with E-state index in [1.165, 1.54) is 119 Å². The number of rotatable bonds is 17. The van der Waals surface area contributed by atoms with Gasteiger partial charge in [0.15, 0.2) is 0 Å². The van der Waals surface area contributed by atoms with Crippen LogP contribution in [-0.4, -0.2) is 0 Å². The Labute approximate surface area is 206 Å². The molecule has 2 aromatic carbocycles. The van der Waals surface area contributed by atoms with Crippen molar-refractivity contribution >= 4 is 12.2 Å². The van der Waals surface area contributed by atoms with Crippen molar-refractivity contribution in [3.05, 3.63) is 83.9 Å². The van der Waals surface area contributed by atoms with Gasteiger partial charge in [-0.3, -0.25) is 0 Å². The van der Waals surface area contributed by atoms with Gasteiger partial charge in [0.2, 0.25) is 0 Å². The molecule has 2 aromatic rings. The van der Waals surface area contributed by atoms with E-state index in [4.69, 9.17) is 0 Å². The zero-order chi connectivity index (χ0) is 24.0. The molecular formula is C33H50. The van der Waals surface area contributed by atoms with Crippen LogP contribution in [0.5, 0.6) is 0 Å². The fourth-order valence-corrected chi connectivity index (χ4v) is 4.04. The van der Waals surface area contributed by atoms with Crippen molar-refractivity contribution in [1.82, 2.24) is 0 Å². The third kappa shape index (κ3) is 15.4. The molecule has 0 fully saturated rings. The average molecular weight is 447 g/mol. The maximum absolute atomic E-state index is 3.77. The van der Waals surface area contributed by atoms with Gasteiger partial charge in [0, 0.05) is 0 Å². The van der Waals surface area contributed by atoms with Crippen molar-refractivity contribution in [3.63, 3.8) is 0 Å². The van der Waals surface area contributed by atoms with E-state index in [1.807, 2.05) is 12.2 Å². The SMILES string of the molecule is C=Cc1ccc(CCCCCCCC)cc1.C=Cc1ccc(CCCCCCCCC)cc1. The largest absolute Gasteiger partial charge is 0.0985 e. The van der Waals surface area contributed by atoms with Gasteiger partial charge in [-0.1, -0.05) is 158 Å². The first-order valence-corrected chi connectivity index (χ1v) is 13.7. The second kappa shape index (κ2) is 20.5. The number of aryl methyl sites for hydroxylation is 2. The molecule has 0 bridgehead atoms. The van der Waals surface area contributed by atoms with Crippen molar-refractivity contribution in [2.45, 2.75) is 110 Å². The van der Waals surface area contributed by atoms with E-state index >= 15 is 0 Å². The van der Waals surface area contributed by atoms with Crippen molar-refractivity contribution < 1.29 is 0 Å². The Bertz CT molecular complexity index is 705. The van der Waals surface area contributed by atoms with Gasteiger partial charge >= 0.3 is 0 Å². The molecule has 0 heteroatoms.